The molecular weight excluding hydrogens is 464 g/mol. The predicted octanol–water partition coefficient (Wildman–Crippen LogP) is 5.36. The van der Waals surface area contributed by atoms with Gasteiger partial charge in [0.15, 0.2) is 0 Å². The lowest BCUT2D eigenvalue weighted by Gasteiger charge is -2.24. The lowest BCUT2D eigenvalue weighted by Crippen LogP contribution is -2.28. The molecule has 5 aromatic rings. The van der Waals surface area contributed by atoms with E-state index in [1.165, 1.54) is 0 Å². The highest BCUT2D eigenvalue weighted by Gasteiger charge is 2.28. The molecule has 1 amide bonds. The van der Waals surface area contributed by atoms with E-state index in [1.54, 1.807) is 12.4 Å². The number of H-pyrrole nitrogens is 1. The number of rotatable bonds is 5. The number of aromatic nitrogens is 5. The standard InChI is InChI=1S/C28H24N8O/c37-28(16-3-1-4-16)32-20-9-19(12-30-13-20)17-6-7-23-21(10-17)26(36-35-23)27-33-24-15-31-14-22(25(24)34-27)18-5-2-8-29-11-18/h2,5-16,27,33-34H,1,3-4H2,(H,32,37)(H,35,36). The first kappa shape index (κ1) is 21.5. The summed E-state index contributed by atoms with van der Waals surface area (Å²) in [5, 5.41) is 18.9. The molecule has 7 rings (SSSR count). The topological polar surface area (TPSA) is 121 Å². The van der Waals surface area contributed by atoms with Crippen LogP contribution in [0.5, 0.6) is 0 Å². The van der Waals surface area contributed by atoms with E-state index in [2.05, 4.69) is 47.2 Å². The second-order valence-corrected chi connectivity index (χ2v) is 9.52. The van der Waals surface area contributed by atoms with Crippen LogP contribution in [-0.2, 0) is 4.79 Å². The molecule has 5 heterocycles. The number of hydrogen-bond donors (Lipinski definition) is 4. The summed E-state index contributed by atoms with van der Waals surface area (Å²) in [7, 11) is 0. The Balaban J connectivity index is 1.19. The van der Waals surface area contributed by atoms with Crippen LogP contribution in [0.1, 0.15) is 31.1 Å². The monoisotopic (exact) mass is 488 g/mol. The van der Waals surface area contributed by atoms with Crippen LogP contribution in [0.3, 0.4) is 0 Å². The Kier molecular flexibility index (Phi) is 5.05. The molecule has 1 fully saturated rings. The zero-order valence-electron chi connectivity index (χ0n) is 19.9. The average molecular weight is 489 g/mol. The molecule has 0 saturated heterocycles. The van der Waals surface area contributed by atoms with Gasteiger partial charge < -0.3 is 16.0 Å². The summed E-state index contributed by atoms with van der Waals surface area (Å²) in [5.74, 6) is 0.203. The molecule has 0 spiro atoms. The summed E-state index contributed by atoms with van der Waals surface area (Å²) in [6.07, 6.45) is 13.6. The first-order valence-electron chi connectivity index (χ1n) is 12.4. The maximum absolute atomic E-state index is 12.4. The largest absolute Gasteiger partial charge is 0.358 e. The number of hydrogen-bond acceptors (Lipinski definition) is 7. The number of amides is 1. The summed E-state index contributed by atoms with van der Waals surface area (Å²) >= 11 is 0. The molecule has 1 aliphatic heterocycles. The van der Waals surface area contributed by atoms with Gasteiger partial charge in [0.1, 0.15) is 11.9 Å². The van der Waals surface area contributed by atoms with E-state index in [-0.39, 0.29) is 18.0 Å². The van der Waals surface area contributed by atoms with Crippen LogP contribution in [-0.4, -0.2) is 31.1 Å². The number of nitrogens with zero attached hydrogens (tertiary/aromatic N) is 4. The Morgan fingerprint density at radius 3 is 2.62 bits per heavy atom. The van der Waals surface area contributed by atoms with Crippen LogP contribution in [0, 0.1) is 5.92 Å². The molecule has 1 atom stereocenters. The van der Waals surface area contributed by atoms with Crippen molar-refractivity contribution in [3.8, 4) is 22.3 Å². The van der Waals surface area contributed by atoms with Gasteiger partial charge in [-0.05, 0) is 42.7 Å². The van der Waals surface area contributed by atoms with Crippen molar-refractivity contribution in [1.29, 1.82) is 0 Å². The third-order valence-electron chi connectivity index (χ3n) is 7.19. The molecule has 1 saturated carbocycles. The van der Waals surface area contributed by atoms with E-state index in [0.717, 1.165) is 69.5 Å². The van der Waals surface area contributed by atoms with E-state index in [0.29, 0.717) is 5.69 Å². The number of anilines is 3. The molecule has 1 aliphatic carbocycles. The van der Waals surface area contributed by atoms with Gasteiger partial charge in [0, 0.05) is 52.8 Å². The number of aromatic amines is 1. The summed E-state index contributed by atoms with van der Waals surface area (Å²) in [6, 6.07) is 12.1. The smallest absolute Gasteiger partial charge is 0.227 e. The molecule has 9 heteroatoms. The summed E-state index contributed by atoms with van der Waals surface area (Å²) in [6.45, 7) is 0. The number of carbonyl (C=O) groups excluding carboxylic acids is 1. The van der Waals surface area contributed by atoms with Crippen molar-refractivity contribution in [2.45, 2.75) is 25.4 Å². The van der Waals surface area contributed by atoms with Gasteiger partial charge in [-0.25, -0.2) is 0 Å². The Labute approximate surface area is 212 Å². The van der Waals surface area contributed by atoms with E-state index in [1.807, 2.05) is 55.1 Å². The van der Waals surface area contributed by atoms with Crippen molar-refractivity contribution in [1.82, 2.24) is 25.1 Å². The Morgan fingerprint density at radius 2 is 1.78 bits per heavy atom. The van der Waals surface area contributed by atoms with Gasteiger partial charge in [-0.15, -0.1) is 0 Å². The molecule has 4 aromatic heterocycles. The van der Waals surface area contributed by atoms with Crippen molar-refractivity contribution < 1.29 is 4.79 Å². The van der Waals surface area contributed by atoms with Gasteiger partial charge in [-0.1, -0.05) is 18.6 Å². The summed E-state index contributed by atoms with van der Waals surface area (Å²) in [5.41, 5.74) is 8.29. The van der Waals surface area contributed by atoms with Crippen molar-refractivity contribution in [3.63, 3.8) is 0 Å². The lowest BCUT2D eigenvalue weighted by molar-refractivity contribution is -0.122. The molecule has 1 unspecified atom stereocenters. The fraction of sp³-hybridized carbons (Fsp3) is 0.179. The normalized spacial score (nSPS) is 16.5. The van der Waals surface area contributed by atoms with Crippen LogP contribution in [0.15, 0.2) is 73.6 Å². The Hall–Kier alpha value is -4.79. The molecule has 1 aromatic carbocycles. The van der Waals surface area contributed by atoms with Crippen LogP contribution in [0.25, 0.3) is 33.2 Å². The zero-order valence-corrected chi connectivity index (χ0v) is 19.9. The van der Waals surface area contributed by atoms with Crippen LogP contribution in [0.4, 0.5) is 17.1 Å². The maximum Gasteiger partial charge on any atom is 0.227 e. The fourth-order valence-corrected chi connectivity index (χ4v) is 4.95. The average Bonchev–Trinajstić information content (AvgIpc) is 3.52. The second kappa shape index (κ2) is 8.70. The highest BCUT2D eigenvalue weighted by Crippen LogP contribution is 2.42. The highest BCUT2D eigenvalue weighted by molar-refractivity contribution is 5.94. The molecule has 182 valence electrons. The minimum Gasteiger partial charge on any atom is -0.358 e. The third-order valence-corrected chi connectivity index (χ3v) is 7.19. The summed E-state index contributed by atoms with van der Waals surface area (Å²) < 4.78 is 0. The quantitative estimate of drug-likeness (QED) is 0.263. The fourth-order valence-electron chi connectivity index (χ4n) is 4.95. The van der Waals surface area contributed by atoms with Crippen LogP contribution in [0.2, 0.25) is 0 Å². The molecule has 0 radical (unpaired) electrons. The predicted molar refractivity (Wildman–Crippen MR) is 143 cm³/mol. The van der Waals surface area contributed by atoms with Gasteiger partial charge in [0.25, 0.3) is 0 Å². The zero-order chi connectivity index (χ0) is 24.8. The van der Waals surface area contributed by atoms with Crippen LogP contribution < -0.4 is 16.0 Å². The first-order valence-corrected chi connectivity index (χ1v) is 12.4. The van der Waals surface area contributed by atoms with Crippen LogP contribution >= 0.6 is 0 Å². The van der Waals surface area contributed by atoms with Crippen molar-refractivity contribution in [3.05, 3.63) is 79.3 Å². The molecular formula is C28H24N8O. The lowest BCUT2D eigenvalue weighted by atomic mass is 9.85. The van der Waals surface area contributed by atoms with Gasteiger partial charge in [-0.3, -0.25) is 24.8 Å². The number of benzene rings is 1. The SMILES string of the molecule is O=C(Nc1cncc(-c2ccc3[nH]nc(C4Nc5cncc(-c6cccnc6)c5N4)c3c2)c1)C1CCC1. The van der Waals surface area contributed by atoms with Gasteiger partial charge >= 0.3 is 0 Å². The van der Waals surface area contributed by atoms with Crippen molar-refractivity contribution >= 4 is 33.9 Å². The molecule has 9 nitrogen and oxygen atoms in total. The maximum atomic E-state index is 12.4. The number of nitrogens with one attached hydrogen (secondary N) is 4. The van der Waals surface area contributed by atoms with Crippen molar-refractivity contribution in [2.24, 2.45) is 5.92 Å². The van der Waals surface area contributed by atoms with E-state index < -0.39 is 0 Å². The molecule has 0 bridgehead atoms. The number of carbonyl (C=O) groups is 1. The second-order valence-electron chi connectivity index (χ2n) is 9.52. The van der Waals surface area contributed by atoms with Gasteiger partial charge in [0.05, 0.1) is 35.0 Å². The van der Waals surface area contributed by atoms with E-state index in [4.69, 9.17) is 0 Å². The van der Waals surface area contributed by atoms with Crippen molar-refractivity contribution in [2.75, 3.05) is 16.0 Å². The van der Waals surface area contributed by atoms with E-state index >= 15 is 0 Å². The number of fused-ring (bicyclic) bond motifs is 2. The van der Waals surface area contributed by atoms with Gasteiger partial charge in [-0.2, -0.15) is 5.10 Å². The Bertz CT molecular complexity index is 1630. The minimum absolute atomic E-state index is 0.0795. The molecule has 37 heavy (non-hydrogen) atoms. The molecule has 2 aliphatic rings. The third kappa shape index (κ3) is 3.85. The molecule has 4 N–H and O–H groups in total. The first-order chi connectivity index (χ1) is 18.2. The summed E-state index contributed by atoms with van der Waals surface area (Å²) in [4.78, 5) is 25.5. The minimum atomic E-state index is -0.232. The highest BCUT2D eigenvalue weighted by atomic mass is 16.1. The van der Waals surface area contributed by atoms with E-state index in [9.17, 15) is 4.79 Å². The Morgan fingerprint density at radius 1 is 0.892 bits per heavy atom. The van der Waals surface area contributed by atoms with Gasteiger partial charge in [0.2, 0.25) is 5.91 Å². The number of pyridine rings is 3.